The fourth-order valence-corrected chi connectivity index (χ4v) is 2.92. The Labute approximate surface area is 156 Å². The van der Waals surface area contributed by atoms with Crippen molar-refractivity contribution >= 4 is 11.8 Å². The first kappa shape index (κ1) is 18.5. The monoisotopic (exact) mass is 367 g/mol. The van der Waals surface area contributed by atoms with Crippen molar-refractivity contribution in [2.75, 3.05) is 6.61 Å². The Bertz CT molecular complexity index is 985. The number of carbonyl (C=O) groups excluding carboxylic acids is 2. The fraction of sp³-hybridized carbons (Fsp3) is 0.316. The van der Waals surface area contributed by atoms with E-state index in [1.165, 1.54) is 4.80 Å². The van der Waals surface area contributed by atoms with Gasteiger partial charge in [-0.3, -0.25) is 4.79 Å². The van der Waals surface area contributed by atoms with E-state index in [0.717, 1.165) is 11.1 Å². The molecule has 8 heteroatoms. The van der Waals surface area contributed by atoms with Crippen molar-refractivity contribution < 1.29 is 14.3 Å². The molecule has 0 unspecified atom stereocenters. The van der Waals surface area contributed by atoms with Crippen molar-refractivity contribution in [3.63, 3.8) is 0 Å². The lowest BCUT2D eigenvalue weighted by Crippen LogP contribution is -2.17. The minimum absolute atomic E-state index is 0.122. The van der Waals surface area contributed by atoms with E-state index in [9.17, 15) is 9.59 Å². The van der Waals surface area contributed by atoms with Crippen molar-refractivity contribution in [1.82, 2.24) is 25.2 Å². The van der Waals surface area contributed by atoms with Crippen molar-refractivity contribution in [3.05, 3.63) is 52.3 Å². The number of aromatic nitrogens is 5. The molecule has 0 saturated heterocycles. The highest BCUT2D eigenvalue weighted by Crippen LogP contribution is 2.21. The number of rotatable bonds is 6. The van der Waals surface area contributed by atoms with Gasteiger partial charge in [-0.15, -0.1) is 10.2 Å². The maximum absolute atomic E-state index is 12.8. The molecule has 0 radical (unpaired) electrons. The van der Waals surface area contributed by atoms with E-state index in [4.69, 9.17) is 4.74 Å². The Kier molecular flexibility index (Phi) is 5.16. The Balaban J connectivity index is 1.84. The molecular weight excluding hydrogens is 346 g/mol. The molecule has 0 aliphatic rings. The van der Waals surface area contributed by atoms with Crippen LogP contribution in [0.5, 0.6) is 0 Å². The van der Waals surface area contributed by atoms with Crippen molar-refractivity contribution in [1.29, 1.82) is 0 Å². The van der Waals surface area contributed by atoms with Gasteiger partial charge >= 0.3 is 5.97 Å². The summed E-state index contributed by atoms with van der Waals surface area (Å²) in [7, 11) is 0. The molecule has 0 saturated carbocycles. The molecule has 0 aliphatic carbocycles. The van der Waals surface area contributed by atoms with Crippen LogP contribution in [0.2, 0.25) is 0 Å². The molecule has 140 valence electrons. The zero-order chi connectivity index (χ0) is 19.6. The molecule has 0 fully saturated rings. The van der Waals surface area contributed by atoms with E-state index in [1.54, 1.807) is 20.8 Å². The fourth-order valence-electron chi connectivity index (χ4n) is 2.92. The highest BCUT2D eigenvalue weighted by atomic mass is 16.5. The largest absolute Gasteiger partial charge is 0.462 e. The summed E-state index contributed by atoms with van der Waals surface area (Å²) in [4.78, 5) is 29.3. The molecule has 0 atom stereocenters. The summed E-state index contributed by atoms with van der Waals surface area (Å²) in [6, 6.07) is 7.71. The summed E-state index contributed by atoms with van der Waals surface area (Å²) in [6.07, 6.45) is 0. The van der Waals surface area contributed by atoms with Gasteiger partial charge in [0.25, 0.3) is 0 Å². The van der Waals surface area contributed by atoms with Crippen molar-refractivity contribution in [2.24, 2.45) is 0 Å². The van der Waals surface area contributed by atoms with Crippen molar-refractivity contribution in [3.8, 4) is 11.4 Å². The van der Waals surface area contributed by atoms with E-state index in [-0.39, 0.29) is 24.5 Å². The van der Waals surface area contributed by atoms with Gasteiger partial charge in [0.15, 0.2) is 5.78 Å². The predicted molar refractivity (Wildman–Crippen MR) is 98.5 cm³/mol. The molecular formula is C19H21N5O3. The highest BCUT2D eigenvalue weighted by Gasteiger charge is 2.26. The van der Waals surface area contributed by atoms with Gasteiger partial charge in [0.05, 0.1) is 17.7 Å². The highest BCUT2D eigenvalue weighted by molar-refractivity contribution is 6.08. The standard InChI is InChI=1S/C19H21N5O3/c1-5-27-19(26)17-13(4)20-12(3)16(17)15(25)10-24-22-18(21-23-24)14-8-6-11(2)7-9-14/h6-9,20H,5,10H2,1-4H3. The van der Waals surface area contributed by atoms with E-state index in [2.05, 4.69) is 20.4 Å². The van der Waals surface area contributed by atoms with Crippen LogP contribution in [0.4, 0.5) is 0 Å². The summed E-state index contributed by atoms with van der Waals surface area (Å²) in [6.45, 7) is 7.31. The van der Waals surface area contributed by atoms with Gasteiger partial charge in [0.1, 0.15) is 6.54 Å². The first-order chi connectivity index (χ1) is 12.9. The van der Waals surface area contributed by atoms with Crippen LogP contribution >= 0.6 is 0 Å². The number of hydrogen-bond donors (Lipinski definition) is 1. The van der Waals surface area contributed by atoms with Gasteiger partial charge in [-0.05, 0) is 32.9 Å². The maximum Gasteiger partial charge on any atom is 0.340 e. The number of aryl methyl sites for hydroxylation is 3. The second-order valence-electron chi connectivity index (χ2n) is 6.28. The van der Waals surface area contributed by atoms with Crippen LogP contribution in [-0.4, -0.2) is 43.6 Å². The first-order valence-electron chi connectivity index (χ1n) is 8.65. The van der Waals surface area contributed by atoms with E-state index in [1.807, 2.05) is 31.2 Å². The van der Waals surface area contributed by atoms with Crippen molar-refractivity contribution in [2.45, 2.75) is 34.2 Å². The average Bonchev–Trinajstić information content (AvgIpc) is 3.19. The van der Waals surface area contributed by atoms with Crippen LogP contribution in [0, 0.1) is 20.8 Å². The first-order valence-corrected chi connectivity index (χ1v) is 8.65. The third-order valence-corrected chi connectivity index (χ3v) is 4.18. The van der Waals surface area contributed by atoms with Gasteiger partial charge in [-0.25, -0.2) is 4.79 Å². The van der Waals surface area contributed by atoms with Gasteiger partial charge in [0, 0.05) is 17.0 Å². The number of H-pyrrole nitrogens is 1. The van der Waals surface area contributed by atoms with E-state index < -0.39 is 5.97 Å². The number of nitrogens with zero attached hydrogens (tertiary/aromatic N) is 4. The summed E-state index contributed by atoms with van der Waals surface area (Å²) >= 11 is 0. The molecule has 1 N–H and O–H groups in total. The van der Waals surface area contributed by atoms with E-state index in [0.29, 0.717) is 22.8 Å². The molecule has 2 aromatic heterocycles. The van der Waals surface area contributed by atoms with Crippen LogP contribution < -0.4 is 0 Å². The zero-order valence-electron chi connectivity index (χ0n) is 15.7. The molecule has 0 amide bonds. The van der Waals surface area contributed by atoms with Gasteiger partial charge in [-0.2, -0.15) is 4.80 Å². The molecule has 27 heavy (non-hydrogen) atoms. The summed E-state index contributed by atoms with van der Waals surface area (Å²) < 4.78 is 5.07. The number of hydrogen-bond acceptors (Lipinski definition) is 6. The molecule has 8 nitrogen and oxygen atoms in total. The Morgan fingerprint density at radius 2 is 1.74 bits per heavy atom. The number of benzene rings is 1. The molecule has 3 rings (SSSR count). The second-order valence-corrected chi connectivity index (χ2v) is 6.28. The second kappa shape index (κ2) is 7.53. The van der Waals surface area contributed by atoms with Crippen LogP contribution in [0.15, 0.2) is 24.3 Å². The third kappa shape index (κ3) is 3.79. The Morgan fingerprint density at radius 3 is 2.41 bits per heavy atom. The molecule has 0 bridgehead atoms. The lowest BCUT2D eigenvalue weighted by atomic mass is 10.0. The number of ketones is 1. The smallest absolute Gasteiger partial charge is 0.340 e. The molecule has 3 aromatic rings. The number of aromatic amines is 1. The topological polar surface area (TPSA) is 103 Å². The Hall–Kier alpha value is -3.29. The van der Waals surface area contributed by atoms with Gasteiger partial charge < -0.3 is 9.72 Å². The SMILES string of the molecule is CCOC(=O)c1c(C)[nH]c(C)c1C(=O)Cn1nnc(-c2ccc(C)cc2)n1. The maximum atomic E-state index is 12.8. The normalized spacial score (nSPS) is 10.8. The van der Waals surface area contributed by atoms with Crippen LogP contribution in [0.1, 0.15) is 44.6 Å². The predicted octanol–water partition coefficient (Wildman–Crippen LogP) is 2.65. The molecule has 0 spiro atoms. The minimum atomic E-state index is -0.519. The number of nitrogens with one attached hydrogen (secondary N) is 1. The summed E-state index contributed by atoms with van der Waals surface area (Å²) in [5, 5.41) is 12.2. The van der Waals surface area contributed by atoms with E-state index >= 15 is 0 Å². The van der Waals surface area contributed by atoms with Crippen LogP contribution in [-0.2, 0) is 11.3 Å². The number of ether oxygens (including phenoxy) is 1. The number of esters is 1. The summed E-state index contributed by atoms with van der Waals surface area (Å²) in [5.41, 5.74) is 3.73. The molecule has 1 aromatic carbocycles. The lowest BCUT2D eigenvalue weighted by molar-refractivity contribution is 0.0522. The Morgan fingerprint density at radius 1 is 1.07 bits per heavy atom. The molecule has 0 aliphatic heterocycles. The quantitative estimate of drug-likeness (QED) is 0.531. The van der Waals surface area contributed by atoms with Gasteiger partial charge in [-0.1, -0.05) is 29.8 Å². The number of carbonyl (C=O) groups is 2. The van der Waals surface area contributed by atoms with Gasteiger partial charge in [0.2, 0.25) is 5.82 Å². The lowest BCUT2D eigenvalue weighted by Gasteiger charge is -2.05. The number of Topliss-reactive ketones (excluding diaryl/α,β-unsaturated/α-hetero) is 1. The van der Waals surface area contributed by atoms with Crippen LogP contribution in [0.25, 0.3) is 11.4 Å². The van der Waals surface area contributed by atoms with Crippen LogP contribution in [0.3, 0.4) is 0 Å². The average molecular weight is 367 g/mol. The third-order valence-electron chi connectivity index (χ3n) is 4.18. The number of tetrazole rings is 1. The zero-order valence-corrected chi connectivity index (χ0v) is 15.7. The summed E-state index contributed by atoms with van der Waals surface area (Å²) in [5.74, 6) is -0.363. The molecule has 2 heterocycles. The minimum Gasteiger partial charge on any atom is -0.462 e.